The van der Waals surface area contributed by atoms with Crippen molar-refractivity contribution in [1.82, 2.24) is 4.90 Å². The maximum Gasteiger partial charge on any atom is 0.291 e. The number of nitrogens with one attached hydrogen (secondary N) is 1. The molecule has 1 aliphatic heterocycles. The molecule has 2 amide bonds. The Balaban J connectivity index is 1.48. The molecular formula is C20H15N2O5-. The van der Waals surface area contributed by atoms with E-state index in [1.165, 1.54) is 17.7 Å². The Morgan fingerprint density at radius 1 is 1.11 bits per heavy atom. The number of hydrogen-bond donors (Lipinski definition) is 1. The zero-order valence-corrected chi connectivity index (χ0v) is 14.2. The fourth-order valence-electron chi connectivity index (χ4n) is 2.76. The largest absolute Gasteiger partial charge is 0.525 e. The van der Waals surface area contributed by atoms with Crippen LogP contribution in [0.15, 0.2) is 63.8 Å². The van der Waals surface area contributed by atoms with Gasteiger partial charge in [-0.25, -0.2) is 0 Å². The normalized spacial score (nSPS) is 13.9. The number of carbonyl (C=O) groups excluding carboxylic acids is 2. The highest BCUT2D eigenvalue weighted by atomic mass is 16.5. The first-order valence-corrected chi connectivity index (χ1v) is 8.28. The van der Waals surface area contributed by atoms with Gasteiger partial charge in [0, 0.05) is 18.3 Å². The second kappa shape index (κ2) is 7.05. The summed E-state index contributed by atoms with van der Waals surface area (Å²) < 4.78 is 10.5. The molecule has 0 aliphatic carbocycles. The first kappa shape index (κ1) is 17.0. The van der Waals surface area contributed by atoms with Gasteiger partial charge >= 0.3 is 0 Å². The van der Waals surface area contributed by atoms with Crippen LogP contribution in [-0.4, -0.2) is 23.3 Å². The van der Waals surface area contributed by atoms with Crippen LogP contribution in [0.5, 0.6) is 0 Å². The Hall–Kier alpha value is -3.45. The van der Waals surface area contributed by atoms with Crippen LogP contribution in [0, 0.1) is 6.73 Å². The van der Waals surface area contributed by atoms with E-state index in [1.807, 2.05) is 0 Å². The van der Waals surface area contributed by atoms with Gasteiger partial charge in [0.2, 0.25) is 5.91 Å². The lowest BCUT2D eigenvalue weighted by Crippen LogP contribution is -2.22. The van der Waals surface area contributed by atoms with Crippen LogP contribution < -0.4 is 10.7 Å². The third-order valence-corrected chi connectivity index (χ3v) is 4.15. The van der Waals surface area contributed by atoms with E-state index in [0.717, 1.165) is 5.56 Å². The lowest BCUT2D eigenvalue weighted by atomic mass is 10.2. The molecule has 3 aromatic rings. The zero-order valence-electron chi connectivity index (χ0n) is 14.2. The van der Waals surface area contributed by atoms with Crippen LogP contribution in [-0.2, 0) is 16.1 Å². The summed E-state index contributed by atoms with van der Waals surface area (Å²) in [5, 5.41) is 3.12. The number of rotatable bonds is 4. The molecule has 1 fully saturated rings. The summed E-state index contributed by atoms with van der Waals surface area (Å²) >= 11 is 0. The summed E-state index contributed by atoms with van der Waals surface area (Å²) in [6.45, 7) is 1.86. The van der Waals surface area contributed by atoms with Crippen LogP contribution in [0.3, 0.4) is 0 Å². The van der Waals surface area contributed by atoms with E-state index in [0.29, 0.717) is 23.2 Å². The molecule has 0 bridgehead atoms. The second-order valence-corrected chi connectivity index (χ2v) is 6.06. The number of nitrogens with zero attached hydrogens (tertiary/aromatic N) is 1. The Morgan fingerprint density at radius 2 is 1.89 bits per heavy atom. The third-order valence-electron chi connectivity index (χ3n) is 4.15. The number of hydrogen-bond acceptors (Lipinski definition) is 5. The number of benzene rings is 2. The fourth-order valence-corrected chi connectivity index (χ4v) is 2.76. The van der Waals surface area contributed by atoms with E-state index in [2.05, 4.69) is 5.32 Å². The van der Waals surface area contributed by atoms with Crippen molar-refractivity contribution in [1.29, 1.82) is 0 Å². The summed E-state index contributed by atoms with van der Waals surface area (Å²) in [7, 11) is 0. The molecule has 27 heavy (non-hydrogen) atoms. The van der Waals surface area contributed by atoms with Crippen molar-refractivity contribution in [3.8, 4) is 0 Å². The van der Waals surface area contributed by atoms with Crippen molar-refractivity contribution in [2.75, 3.05) is 11.9 Å². The van der Waals surface area contributed by atoms with Crippen molar-refractivity contribution < 1.29 is 18.7 Å². The van der Waals surface area contributed by atoms with E-state index in [9.17, 15) is 14.4 Å². The molecule has 136 valence electrons. The summed E-state index contributed by atoms with van der Waals surface area (Å²) in [4.78, 5) is 37.5. The summed E-state index contributed by atoms with van der Waals surface area (Å²) in [5.74, 6) is -0.669. The first-order chi connectivity index (χ1) is 13.1. The lowest BCUT2D eigenvalue weighted by Gasteiger charge is -2.23. The molecule has 7 heteroatoms. The molecular weight excluding hydrogens is 348 g/mol. The SMILES string of the molecule is O=C(Nc1ccc(CN2[CH-]OCC2=O)cc1)c1cc(=O)c2ccccc2o1. The number of ether oxygens (including phenoxy) is 1. The first-order valence-electron chi connectivity index (χ1n) is 8.28. The second-order valence-electron chi connectivity index (χ2n) is 6.06. The van der Waals surface area contributed by atoms with Gasteiger partial charge in [-0.2, -0.15) is 0 Å². The van der Waals surface area contributed by atoms with E-state index in [-0.39, 0.29) is 23.7 Å². The molecule has 2 heterocycles. The number of carbonyl (C=O) groups is 2. The van der Waals surface area contributed by atoms with Crippen molar-refractivity contribution in [2.45, 2.75) is 6.54 Å². The van der Waals surface area contributed by atoms with Gasteiger partial charge in [-0.1, -0.05) is 24.3 Å². The summed E-state index contributed by atoms with van der Waals surface area (Å²) in [6, 6.07) is 15.0. The number of para-hydroxylation sites is 1. The molecule has 1 N–H and O–H groups in total. The van der Waals surface area contributed by atoms with Crippen molar-refractivity contribution in [2.24, 2.45) is 0 Å². The third kappa shape index (κ3) is 3.58. The van der Waals surface area contributed by atoms with Crippen LogP contribution in [0.2, 0.25) is 0 Å². The molecule has 1 aliphatic rings. The molecule has 0 saturated carbocycles. The highest BCUT2D eigenvalue weighted by Crippen LogP contribution is 2.17. The quantitative estimate of drug-likeness (QED) is 0.720. The molecule has 1 saturated heterocycles. The van der Waals surface area contributed by atoms with Crippen LogP contribution in [0.25, 0.3) is 11.0 Å². The van der Waals surface area contributed by atoms with Gasteiger partial charge in [-0.3, -0.25) is 14.4 Å². The van der Waals surface area contributed by atoms with E-state index < -0.39 is 5.91 Å². The number of fused-ring (bicyclic) bond motifs is 1. The molecule has 4 rings (SSSR count). The smallest absolute Gasteiger partial charge is 0.291 e. The van der Waals surface area contributed by atoms with Gasteiger partial charge in [0.25, 0.3) is 5.91 Å². The Labute approximate surface area is 154 Å². The minimum absolute atomic E-state index is 0.0582. The molecule has 0 atom stereocenters. The molecule has 0 spiro atoms. The minimum Gasteiger partial charge on any atom is -0.525 e. The lowest BCUT2D eigenvalue weighted by molar-refractivity contribution is -0.126. The van der Waals surface area contributed by atoms with Crippen LogP contribution in [0.1, 0.15) is 16.1 Å². The average molecular weight is 363 g/mol. The average Bonchev–Trinajstić information content (AvgIpc) is 3.08. The molecule has 1 aromatic heterocycles. The summed E-state index contributed by atoms with van der Waals surface area (Å²) in [5.41, 5.74) is 1.53. The maximum absolute atomic E-state index is 12.4. The van der Waals surface area contributed by atoms with Gasteiger partial charge in [0.1, 0.15) is 5.58 Å². The number of amides is 2. The van der Waals surface area contributed by atoms with Gasteiger partial charge in [-0.15, -0.1) is 6.73 Å². The van der Waals surface area contributed by atoms with E-state index >= 15 is 0 Å². The predicted octanol–water partition coefficient (Wildman–Crippen LogP) is 2.52. The minimum atomic E-state index is -0.512. The van der Waals surface area contributed by atoms with Gasteiger partial charge < -0.3 is 19.4 Å². The summed E-state index contributed by atoms with van der Waals surface area (Å²) in [6.07, 6.45) is 0. The molecule has 0 radical (unpaired) electrons. The Kier molecular flexibility index (Phi) is 4.43. The highest BCUT2D eigenvalue weighted by molar-refractivity contribution is 6.02. The molecule has 0 unspecified atom stereocenters. The number of anilines is 1. The standard InChI is InChI=1S/C20H15N2O5/c23-16-9-18(27-17-4-2-1-3-15(16)17)20(25)21-14-7-5-13(6-8-14)10-22-12-26-11-19(22)24/h1-9,12H,10-11H2,(H,21,25)/q-1. The van der Waals surface area contributed by atoms with Crippen LogP contribution in [0.4, 0.5) is 5.69 Å². The Morgan fingerprint density at radius 3 is 2.63 bits per heavy atom. The monoisotopic (exact) mass is 363 g/mol. The Bertz CT molecular complexity index is 1070. The van der Waals surface area contributed by atoms with Crippen molar-refractivity contribution >= 4 is 28.5 Å². The van der Waals surface area contributed by atoms with Gasteiger partial charge in [0.05, 0.1) is 12.0 Å². The fraction of sp³-hybridized carbons (Fsp3) is 0.100. The topological polar surface area (TPSA) is 88.9 Å². The molecule has 2 aromatic carbocycles. The van der Waals surface area contributed by atoms with Crippen molar-refractivity contribution in [3.05, 3.63) is 82.9 Å². The van der Waals surface area contributed by atoms with Crippen molar-refractivity contribution in [3.63, 3.8) is 0 Å². The maximum atomic E-state index is 12.4. The van der Waals surface area contributed by atoms with E-state index in [4.69, 9.17) is 9.15 Å². The van der Waals surface area contributed by atoms with E-state index in [1.54, 1.807) is 48.5 Å². The van der Waals surface area contributed by atoms with Crippen LogP contribution >= 0.6 is 0 Å². The van der Waals surface area contributed by atoms with Gasteiger partial charge in [0.15, 0.2) is 11.2 Å². The van der Waals surface area contributed by atoms with Gasteiger partial charge in [-0.05, 0) is 29.8 Å². The molecule has 7 nitrogen and oxygen atoms in total. The predicted molar refractivity (Wildman–Crippen MR) is 97.7 cm³/mol. The highest BCUT2D eigenvalue weighted by Gasteiger charge is 2.14. The zero-order chi connectivity index (χ0) is 18.8.